The number of fused-ring (bicyclic) bond motifs is 1. The zero-order chi connectivity index (χ0) is 13.9. The van der Waals surface area contributed by atoms with Gasteiger partial charge in [0, 0.05) is 28.4 Å². The Labute approximate surface area is 117 Å². The predicted molar refractivity (Wildman–Crippen MR) is 83.3 cm³/mol. The summed E-state index contributed by atoms with van der Waals surface area (Å²) >= 11 is 0. The van der Waals surface area contributed by atoms with E-state index in [2.05, 4.69) is 16.8 Å². The molecule has 3 aromatic rings. The molecule has 3 rings (SSSR count). The second-order valence-electron chi connectivity index (χ2n) is 4.62. The van der Waals surface area contributed by atoms with E-state index in [4.69, 9.17) is 5.73 Å². The highest BCUT2D eigenvalue weighted by Gasteiger charge is 2.12. The van der Waals surface area contributed by atoms with Gasteiger partial charge in [-0.05, 0) is 6.07 Å². The van der Waals surface area contributed by atoms with Gasteiger partial charge in [-0.15, -0.1) is 11.7 Å². The molecule has 20 heavy (non-hydrogen) atoms. The van der Waals surface area contributed by atoms with Crippen LogP contribution in [-0.4, -0.2) is 10.2 Å². The topological polar surface area (TPSA) is 51.8 Å². The molecule has 0 radical (unpaired) electrons. The largest absolute Gasteiger partial charge is 0.398 e. The van der Waals surface area contributed by atoms with E-state index < -0.39 is 0 Å². The van der Waals surface area contributed by atoms with Crippen LogP contribution < -0.4 is 5.73 Å². The van der Waals surface area contributed by atoms with Gasteiger partial charge >= 0.3 is 0 Å². The lowest BCUT2D eigenvalue weighted by Crippen LogP contribution is -1.99. The molecule has 2 N–H and O–H groups in total. The van der Waals surface area contributed by atoms with Crippen molar-refractivity contribution in [3.63, 3.8) is 0 Å². The number of aromatic nitrogens is 2. The van der Waals surface area contributed by atoms with Gasteiger partial charge in [-0.25, -0.2) is 0 Å². The Morgan fingerprint density at radius 3 is 2.55 bits per heavy atom. The molecule has 0 saturated heterocycles. The van der Waals surface area contributed by atoms with Gasteiger partial charge in [-0.1, -0.05) is 48.5 Å². The fraction of sp³-hybridized carbons (Fsp3) is 0.0588. The quantitative estimate of drug-likeness (QED) is 0.579. The van der Waals surface area contributed by atoms with Crippen LogP contribution in [0.5, 0.6) is 0 Å². The molecule has 98 valence electrons. The van der Waals surface area contributed by atoms with Crippen LogP contribution in [0, 0.1) is 0 Å². The van der Waals surface area contributed by atoms with Crippen molar-refractivity contribution in [3.05, 3.63) is 66.9 Å². The molecule has 0 atom stereocenters. The Bertz CT molecular complexity index is 764. The number of hydrogen-bond acceptors (Lipinski definition) is 3. The van der Waals surface area contributed by atoms with E-state index >= 15 is 0 Å². The average molecular weight is 261 g/mol. The summed E-state index contributed by atoms with van der Waals surface area (Å²) in [5, 5.41) is 10.7. The minimum atomic E-state index is 0.683. The molecule has 0 spiro atoms. The fourth-order valence-electron chi connectivity index (χ4n) is 2.37. The van der Waals surface area contributed by atoms with Crippen LogP contribution in [-0.2, 0) is 6.42 Å². The van der Waals surface area contributed by atoms with Crippen LogP contribution in [0.4, 0.5) is 5.69 Å². The van der Waals surface area contributed by atoms with Gasteiger partial charge in [0.2, 0.25) is 0 Å². The zero-order valence-corrected chi connectivity index (χ0v) is 11.1. The maximum atomic E-state index is 6.17. The van der Waals surface area contributed by atoms with Crippen molar-refractivity contribution in [2.75, 3.05) is 5.73 Å². The molecule has 3 heteroatoms. The highest BCUT2D eigenvalue weighted by molar-refractivity contribution is 6.03. The van der Waals surface area contributed by atoms with E-state index in [1.165, 1.54) is 0 Å². The molecule has 2 aromatic carbocycles. The molecule has 1 aromatic heterocycles. The second-order valence-corrected chi connectivity index (χ2v) is 4.62. The predicted octanol–water partition coefficient (Wildman–Crippen LogP) is 3.61. The molecule has 0 aliphatic heterocycles. The van der Waals surface area contributed by atoms with Crippen molar-refractivity contribution in [2.24, 2.45) is 0 Å². The maximum Gasteiger partial charge on any atom is 0.103 e. The lowest BCUT2D eigenvalue weighted by atomic mass is 10.0. The number of rotatable bonds is 3. The van der Waals surface area contributed by atoms with Crippen molar-refractivity contribution in [3.8, 4) is 11.3 Å². The number of nitrogens with two attached hydrogens (primary N) is 1. The zero-order valence-electron chi connectivity index (χ0n) is 11.1. The Kier molecular flexibility index (Phi) is 3.17. The average Bonchev–Trinajstić information content (AvgIpc) is 2.49. The SMILES string of the molecule is C=CCc1nnc(-c2ccccc2)c2c(N)cccc12. The molecule has 0 unspecified atom stereocenters. The van der Waals surface area contributed by atoms with Crippen molar-refractivity contribution in [1.82, 2.24) is 10.2 Å². The smallest absolute Gasteiger partial charge is 0.103 e. The Morgan fingerprint density at radius 2 is 1.80 bits per heavy atom. The summed E-state index contributed by atoms with van der Waals surface area (Å²) in [6.07, 6.45) is 2.51. The number of nitrogen functional groups attached to an aromatic ring is 1. The van der Waals surface area contributed by atoms with Gasteiger partial charge in [-0.2, -0.15) is 5.10 Å². The first-order valence-corrected chi connectivity index (χ1v) is 6.51. The van der Waals surface area contributed by atoms with Crippen molar-refractivity contribution >= 4 is 16.5 Å². The monoisotopic (exact) mass is 261 g/mol. The summed E-state index contributed by atoms with van der Waals surface area (Å²) in [5.41, 5.74) is 9.64. The molecule has 0 amide bonds. The normalized spacial score (nSPS) is 10.6. The van der Waals surface area contributed by atoms with Crippen molar-refractivity contribution in [2.45, 2.75) is 6.42 Å². The number of nitrogens with zero attached hydrogens (tertiary/aromatic N) is 2. The van der Waals surface area contributed by atoms with Crippen LogP contribution in [0.1, 0.15) is 5.69 Å². The number of allylic oxidation sites excluding steroid dienone is 1. The molecule has 1 heterocycles. The third-order valence-electron chi connectivity index (χ3n) is 3.30. The van der Waals surface area contributed by atoms with Gasteiger partial charge in [0.1, 0.15) is 5.69 Å². The third kappa shape index (κ3) is 2.03. The van der Waals surface area contributed by atoms with Gasteiger partial charge in [-0.3, -0.25) is 0 Å². The number of anilines is 1. The van der Waals surface area contributed by atoms with Crippen LogP contribution in [0.25, 0.3) is 22.0 Å². The Balaban J connectivity index is 2.35. The van der Waals surface area contributed by atoms with E-state index in [1.54, 1.807) is 0 Å². The maximum absolute atomic E-state index is 6.17. The summed E-state index contributed by atoms with van der Waals surface area (Å²) in [6, 6.07) is 15.9. The fourth-order valence-corrected chi connectivity index (χ4v) is 2.37. The summed E-state index contributed by atoms with van der Waals surface area (Å²) < 4.78 is 0. The molecule has 0 aliphatic carbocycles. The first kappa shape index (κ1) is 12.4. The summed E-state index contributed by atoms with van der Waals surface area (Å²) in [6.45, 7) is 3.77. The van der Waals surface area contributed by atoms with Crippen molar-refractivity contribution in [1.29, 1.82) is 0 Å². The van der Waals surface area contributed by atoms with Crippen LogP contribution in [0.15, 0.2) is 61.2 Å². The lowest BCUT2D eigenvalue weighted by Gasteiger charge is -2.10. The first-order valence-electron chi connectivity index (χ1n) is 6.51. The van der Waals surface area contributed by atoms with E-state index in [9.17, 15) is 0 Å². The van der Waals surface area contributed by atoms with Gasteiger partial charge in [0.25, 0.3) is 0 Å². The lowest BCUT2D eigenvalue weighted by molar-refractivity contribution is 0.976. The second kappa shape index (κ2) is 5.13. The number of hydrogen-bond donors (Lipinski definition) is 1. The minimum Gasteiger partial charge on any atom is -0.398 e. The molecular weight excluding hydrogens is 246 g/mol. The van der Waals surface area contributed by atoms with E-state index in [-0.39, 0.29) is 0 Å². The molecule has 0 bridgehead atoms. The molecule has 0 fully saturated rings. The molecule has 3 nitrogen and oxygen atoms in total. The van der Waals surface area contributed by atoms with E-state index in [0.29, 0.717) is 6.42 Å². The standard InChI is InChI=1S/C17H15N3/c1-2-7-15-13-10-6-11-14(18)16(13)17(20-19-15)12-8-4-3-5-9-12/h2-6,8-11H,1,7,18H2. The van der Waals surface area contributed by atoms with Gasteiger partial charge in [0.05, 0.1) is 5.69 Å². The molecule has 0 saturated carbocycles. The van der Waals surface area contributed by atoms with Crippen LogP contribution in [0.2, 0.25) is 0 Å². The van der Waals surface area contributed by atoms with E-state index in [0.717, 1.165) is 33.4 Å². The minimum absolute atomic E-state index is 0.683. The summed E-state index contributed by atoms with van der Waals surface area (Å²) in [5.74, 6) is 0. The Morgan fingerprint density at radius 1 is 1.00 bits per heavy atom. The first-order chi connectivity index (χ1) is 9.81. The summed E-state index contributed by atoms with van der Waals surface area (Å²) in [7, 11) is 0. The summed E-state index contributed by atoms with van der Waals surface area (Å²) in [4.78, 5) is 0. The van der Waals surface area contributed by atoms with E-state index in [1.807, 2.05) is 54.6 Å². The molecule has 0 aliphatic rings. The van der Waals surface area contributed by atoms with Gasteiger partial charge < -0.3 is 5.73 Å². The Hall–Kier alpha value is -2.68. The van der Waals surface area contributed by atoms with Crippen molar-refractivity contribution < 1.29 is 0 Å². The molecular formula is C17H15N3. The highest BCUT2D eigenvalue weighted by atomic mass is 15.1. The highest BCUT2D eigenvalue weighted by Crippen LogP contribution is 2.31. The third-order valence-corrected chi connectivity index (χ3v) is 3.30. The van der Waals surface area contributed by atoms with Crippen LogP contribution >= 0.6 is 0 Å². The van der Waals surface area contributed by atoms with Gasteiger partial charge in [0.15, 0.2) is 0 Å². The number of benzene rings is 2. The van der Waals surface area contributed by atoms with Crippen LogP contribution in [0.3, 0.4) is 0 Å².